The van der Waals surface area contributed by atoms with Gasteiger partial charge in [0.1, 0.15) is 17.9 Å². The molecule has 1 amide bonds. The molecule has 1 saturated carbocycles. The molecule has 0 aromatic heterocycles. The molecule has 7 heteroatoms. The lowest BCUT2D eigenvalue weighted by Crippen LogP contribution is -2.53. The van der Waals surface area contributed by atoms with Gasteiger partial charge in [-0.05, 0) is 56.9 Å². The normalized spacial score (nSPS) is 21.3. The number of likely N-dealkylation sites (N-methyl/N-ethyl adjacent to an activating group) is 1. The summed E-state index contributed by atoms with van der Waals surface area (Å²) in [7, 11) is 1.63. The highest BCUT2D eigenvalue weighted by Gasteiger charge is 2.40. The van der Waals surface area contributed by atoms with Crippen LogP contribution in [-0.4, -0.2) is 54.8 Å². The van der Waals surface area contributed by atoms with E-state index >= 15 is 0 Å². The van der Waals surface area contributed by atoms with Crippen LogP contribution in [0.25, 0.3) is 0 Å². The molecule has 0 radical (unpaired) electrons. The fraction of sp³-hybridized carbons (Fsp3) is 0.609. The average molecular weight is 415 g/mol. The van der Waals surface area contributed by atoms with Crippen molar-refractivity contribution in [2.24, 2.45) is 0 Å². The molecule has 1 aliphatic heterocycles. The summed E-state index contributed by atoms with van der Waals surface area (Å²) in [5.74, 6) is -0.285. The molecule has 0 bridgehead atoms. The Morgan fingerprint density at radius 3 is 2.53 bits per heavy atom. The van der Waals surface area contributed by atoms with Crippen molar-refractivity contribution in [3.05, 3.63) is 29.8 Å². The van der Waals surface area contributed by atoms with E-state index < -0.39 is 17.6 Å². The molecule has 2 aliphatic rings. The first-order valence-corrected chi connectivity index (χ1v) is 10.7. The second kappa shape index (κ2) is 9.94. The molecule has 0 spiro atoms. The maximum Gasteiger partial charge on any atom is 0.338 e. The van der Waals surface area contributed by atoms with E-state index in [1.54, 1.807) is 38.2 Å². The van der Waals surface area contributed by atoms with Crippen molar-refractivity contribution in [1.82, 2.24) is 4.90 Å². The molecule has 1 saturated heterocycles. The maximum absolute atomic E-state index is 12.8. The number of rotatable bonds is 7. The Balaban J connectivity index is 1.54. The van der Waals surface area contributed by atoms with E-state index in [-0.39, 0.29) is 12.0 Å². The lowest BCUT2D eigenvalue weighted by molar-refractivity contribution is -0.143. The predicted octanol–water partition coefficient (Wildman–Crippen LogP) is 3.47. The van der Waals surface area contributed by atoms with Crippen LogP contribution in [0.1, 0.15) is 62.2 Å². The molecule has 1 heterocycles. The van der Waals surface area contributed by atoms with Crippen molar-refractivity contribution in [3.8, 4) is 11.8 Å². The van der Waals surface area contributed by atoms with Crippen molar-refractivity contribution in [2.45, 2.75) is 69.6 Å². The minimum absolute atomic E-state index is 0.124. The van der Waals surface area contributed by atoms with Gasteiger partial charge in [0, 0.05) is 13.7 Å². The van der Waals surface area contributed by atoms with E-state index in [0.29, 0.717) is 30.8 Å². The summed E-state index contributed by atoms with van der Waals surface area (Å²) < 4.78 is 16.6. The topological polar surface area (TPSA) is 88.9 Å². The highest BCUT2D eigenvalue weighted by atomic mass is 16.5. The monoisotopic (exact) mass is 414 g/mol. The molecule has 162 valence electrons. The highest BCUT2D eigenvalue weighted by molar-refractivity contribution is 5.92. The summed E-state index contributed by atoms with van der Waals surface area (Å²) in [5, 5.41) is 9.67. The Morgan fingerprint density at radius 1 is 1.23 bits per heavy atom. The van der Waals surface area contributed by atoms with Gasteiger partial charge in [-0.1, -0.05) is 19.3 Å². The van der Waals surface area contributed by atoms with E-state index in [2.05, 4.69) is 6.07 Å². The highest BCUT2D eigenvalue weighted by Crippen LogP contribution is 2.33. The summed E-state index contributed by atoms with van der Waals surface area (Å²) in [6, 6.07) is 8.96. The standard InChI is InChI=1S/C23H30N2O5/c1-17(21(26)25(2)23(16-24)12-4-3-5-13-23)30-22(27)18-8-10-19(11-9-18)29-15-20-7-6-14-28-20/h8-11,17,20H,3-7,12-15H2,1-2H3/t17-,20+/m1/s1. The number of nitriles is 1. The number of nitrogens with zero attached hydrogens (tertiary/aromatic N) is 2. The van der Waals surface area contributed by atoms with Gasteiger partial charge >= 0.3 is 5.97 Å². The Kier molecular flexibility index (Phi) is 7.33. The number of hydrogen-bond acceptors (Lipinski definition) is 6. The summed E-state index contributed by atoms with van der Waals surface area (Å²) in [6.45, 7) is 2.81. The molecule has 2 atom stereocenters. The summed E-state index contributed by atoms with van der Waals surface area (Å²) >= 11 is 0. The van der Waals surface area contributed by atoms with Crippen LogP contribution in [0.5, 0.6) is 5.75 Å². The molecule has 0 N–H and O–H groups in total. The van der Waals surface area contributed by atoms with Gasteiger partial charge in [-0.3, -0.25) is 4.79 Å². The number of carbonyl (C=O) groups is 2. The third-order valence-electron chi connectivity index (χ3n) is 6.04. The predicted molar refractivity (Wildman–Crippen MR) is 110 cm³/mol. The minimum Gasteiger partial charge on any atom is -0.491 e. The van der Waals surface area contributed by atoms with Gasteiger partial charge in [0.25, 0.3) is 5.91 Å². The maximum atomic E-state index is 12.8. The quantitative estimate of drug-likeness (QED) is 0.635. The Hall–Kier alpha value is -2.59. The van der Waals surface area contributed by atoms with Crippen LogP contribution in [-0.2, 0) is 14.3 Å². The van der Waals surface area contributed by atoms with Crippen LogP contribution < -0.4 is 4.74 Å². The van der Waals surface area contributed by atoms with E-state index in [9.17, 15) is 14.9 Å². The lowest BCUT2D eigenvalue weighted by atomic mass is 9.81. The summed E-state index contributed by atoms with van der Waals surface area (Å²) in [4.78, 5) is 26.7. The molecule has 1 aromatic rings. The van der Waals surface area contributed by atoms with E-state index in [0.717, 1.165) is 38.7 Å². The Morgan fingerprint density at radius 2 is 1.93 bits per heavy atom. The number of ether oxygens (including phenoxy) is 3. The van der Waals surface area contributed by atoms with Gasteiger partial charge in [-0.15, -0.1) is 0 Å². The van der Waals surface area contributed by atoms with Gasteiger partial charge in [-0.25, -0.2) is 4.79 Å². The van der Waals surface area contributed by atoms with Gasteiger partial charge in [-0.2, -0.15) is 5.26 Å². The number of amides is 1. The summed E-state index contributed by atoms with van der Waals surface area (Å²) in [5.41, 5.74) is -0.465. The number of carbonyl (C=O) groups excluding carboxylic acids is 2. The minimum atomic E-state index is -0.968. The third-order valence-corrected chi connectivity index (χ3v) is 6.04. The Bertz CT molecular complexity index is 774. The second-order valence-electron chi connectivity index (χ2n) is 8.12. The van der Waals surface area contributed by atoms with Crippen molar-refractivity contribution >= 4 is 11.9 Å². The van der Waals surface area contributed by atoms with Crippen LogP contribution in [0.3, 0.4) is 0 Å². The molecule has 2 fully saturated rings. The largest absolute Gasteiger partial charge is 0.491 e. The Labute approximate surface area is 177 Å². The molecule has 0 unspecified atom stereocenters. The molecular formula is C23H30N2O5. The number of hydrogen-bond donors (Lipinski definition) is 0. The first-order valence-electron chi connectivity index (χ1n) is 10.7. The number of esters is 1. The van der Waals surface area contributed by atoms with Gasteiger partial charge in [0.15, 0.2) is 6.10 Å². The molecule has 7 nitrogen and oxygen atoms in total. The molecule has 1 aromatic carbocycles. The van der Waals surface area contributed by atoms with Gasteiger partial charge in [0.2, 0.25) is 0 Å². The first-order chi connectivity index (χ1) is 14.4. The van der Waals surface area contributed by atoms with Crippen LogP contribution in [0.4, 0.5) is 0 Å². The third kappa shape index (κ3) is 5.11. The van der Waals surface area contributed by atoms with Crippen LogP contribution in [0.15, 0.2) is 24.3 Å². The fourth-order valence-corrected chi connectivity index (χ4v) is 4.07. The second-order valence-corrected chi connectivity index (χ2v) is 8.12. The van der Waals surface area contributed by atoms with Crippen molar-refractivity contribution < 1.29 is 23.8 Å². The van der Waals surface area contributed by atoms with E-state index in [1.807, 2.05) is 0 Å². The van der Waals surface area contributed by atoms with Gasteiger partial charge in [0.05, 0.1) is 17.7 Å². The van der Waals surface area contributed by atoms with E-state index in [4.69, 9.17) is 14.2 Å². The smallest absolute Gasteiger partial charge is 0.338 e. The molecular weight excluding hydrogens is 384 g/mol. The fourth-order valence-electron chi connectivity index (χ4n) is 4.07. The zero-order valence-corrected chi connectivity index (χ0v) is 17.8. The zero-order chi connectivity index (χ0) is 21.6. The zero-order valence-electron chi connectivity index (χ0n) is 17.8. The molecule has 30 heavy (non-hydrogen) atoms. The van der Waals surface area contributed by atoms with Crippen LogP contribution in [0.2, 0.25) is 0 Å². The summed E-state index contributed by atoms with van der Waals surface area (Å²) in [6.07, 6.45) is 5.42. The van der Waals surface area contributed by atoms with Crippen LogP contribution >= 0.6 is 0 Å². The van der Waals surface area contributed by atoms with Crippen molar-refractivity contribution in [2.75, 3.05) is 20.3 Å². The van der Waals surface area contributed by atoms with Crippen LogP contribution in [0, 0.1) is 11.3 Å². The first kappa shape index (κ1) is 22.1. The SMILES string of the molecule is C[C@@H](OC(=O)c1ccc(OC[C@@H]2CCCO2)cc1)C(=O)N(C)C1(C#N)CCCCC1. The van der Waals surface area contributed by atoms with Gasteiger partial charge < -0.3 is 19.1 Å². The molecule has 3 rings (SSSR count). The lowest BCUT2D eigenvalue weighted by Gasteiger charge is -2.39. The molecule has 1 aliphatic carbocycles. The average Bonchev–Trinajstić information content (AvgIpc) is 3.31. The van der Waals surface area contributed by atoms with Crippen molar-refractivity contribution in [1.29, 1.82) is 5.26 Å². The van der Waals surface area contributed by atoms with Crippen molar-refractivity contribution in [3.63, 3.8) is 0 Å². The number of benzene rings is 1. The van der Waals surface area contributed by atoms with E-state index in [1.165, 1.54) is 4.90 Å².